The van der Waals surface area contributed by atoms with Crippen LogP contribution in [0.2, 0.25) is 5.02 Å². The van der Waals surface area contributed by atoms with Crippen LogP contribution in [0.3, 0.4) is 0 Å². The fourth-order valence-electron chi connectivity index (χ4n) is 5.37. The van der Waals surface area contributed by atoms with Gasteiger partial charge in [0, 0.05) is 17.1 Å². The van der Waals surface area contributed by atoms with Crippen LogP contribution in [0, 0.1) is 5.92 Å². The molecule has 3 rings (SSSR count). The van der Waals surface area contributed by atoms with E-state index in [1.165, 1.54) is 12.6 Å². The van der Waals surface area contributed by atoms with Crippen LogP contribution in [-0.2, 0) is 9.59 Å². The largest absolute Gasteiger partial charge is 0.496 e. The summed E-state index contributed by atoms with van der Waals surface area (Å²) in [5.74, 6) is 0.645. The molecule has 0 bridgehead atoms. The molecule has 8 heteroatoms. The number of carbonyl (C=O) groups is 2. The number of benzene rings is 1. The Labute approximate surface area is 226 Å². The van der Waals surface area contributed by atoms with E-state index in [1.54, 1.807) is 33.2 Å². The van der Waals surface area contributed by atoms with Crippen LogP contribution in [0.25, 0.3) is 5.57 Å². The predicted octanol–water partition coefficient (Wildman–Crippen LogP) is 4.42. The van der Waals surface area contributed by atoms with Crippen LogP contribution in [0.5, 0.6) is 5.75 Å². The molecule has 3 unspecified atom stereocenters. The van der Waals surface area contributed by atoms with Gasteiger partial charge in [0.25, 0.3) is 0 Å². The van der Waals surface area contributed by atoms with Gasteiger partial charge in [-0.3, -0.25) is 9.59 Å². The summed E-state index contributed by atoms with van der Waals surface area (Å²) >= 11 is 6.28. The minimum absolute atomic E-state index is 0.0168. The maximum Gasteiger partial charge on any atom is 0.245 e. The summed E-state index contributed by atoms with van der Waals surface area (Å²) in [6, 6.07) is 4.35. The SMILES string of the molecule is C=C(/C=C(\C=C/N)c1cc(Cl)ccc1OC)C1CCCN1C(=O)C(NC(=O)C(C)NC)C1CCCCC1. The van der Waals surface area contributed by atoms with E-state index in [2.05, 4.69) is 17.2 Å². The molecule has 1 saturated heterocycles. The van der Waals surface area contributed by atoms with E-state index in [4.69, 9.17) is 22.1 Å². The van der Waals surface area contributed by atoms with Crippen molar-refractivity contribution >= 4 is 29.0 Å². The lowest BCUT2D eigenvalue weighted by molar-refractivity contribution is -0.139. The number of ether oxygens (including phenoxy) is 1. The summed E-state index contributed by atoms with van der Waals surface area (Å²) in [7, 11) is 3.36. The maximum absolute atomic E-state index is 14.0. The van der Waals surface area contributed by atoms with Gasteiger partial charge in [0.2, 0.25) is 11.8 Å². The van der Waals surface area contributed by atoms with E-state index in [9.17, 15) is 9.59 Å². The highest BCUT2D eigenvalue weighted by Crippen LogP contribution is 2.34. The van der Waals surface area contributed by atoms with Gasteiger partial charge in [-0.25, -0.2) is 0 Å². The fourth-order valence-corrected chi connectivity index (χ4v) is 5.55. The van der Waals surface area contributed by atoms with E-state index in [0.29, 0.717) is 17.3 Å². The van der Waals surface area contributed by atoms with E-state index >= 15 is 0 Å². The fraction of sp³-hybridized carbons (Fsp3) is 0.517. The Balaban J connectivity index is 1.89. The van der Waals surface area contributed by atoms with Crippen molar-refractivity contribution in [2.75, 3.05) is 20.7 Å². The zero-order valence-electron chi connectivity index (χ0n) is 22.3. The first kappa shape index (κ1) is 28.8. The molecule has 0 radical (unpaired) electrons. The average molecular weight is 529 g/mol. The van der Waals surface area contributed by atoms with Gasteiger partial charge in [-0.15, -0.1) is 0 Å². The molecular formula is C29H41ClN4O3. The number of halogens is 1. The van der Waals surface area contributed by atoms with Gasteiger partial charge < -0.3 is 26.0 Å². The molecule has 2 fully saturated rings. The smallest absolute Gasteiger partial charge is 0.245 e. The minimum Gasteiger partial charge on any atom is -0.496 e. The zero-order chi connectivity index (χ0) is 26.9. The van der Waals surface area contributed by atoms with E-state index < -0.39 is 6.04 Å². The summed E-state index contributed by atoms with van der Waals surface area (Å²) in [6.07, 6.45) is 12.1. The van der Waals surface area contributed by atoms with E-state index in [-0.39, 0.29) is 29.8 Å². The summed E-state index contributed by atoms with van der Waals surface area (Å²) in [4.78, 5) is 28.7. The Morgan fingerprint density at radius 1 is 1.22 bits per heavy atom. The number of allylic oxidation sites excluding steroid dienone is 2. The molecule has 1 saturated carbocycles. The molecule has 202 valence electrons. The molecule has 1 aromatic rings. The number of nitrogens with one attached hydrogen (secondary N) is 2. The highest BCUT2D eigenvalue weighted by Gasteiger charge is 2.39. The number of amides is 2. The Bertz CT molecular complexity index is 1030. The number of rotatable bonds is 10. The molecule has 0 spiro atoms. The molecule has 1 aromatic carbocycles. The van der Waals surface area contributed by atoms with Crippen molar-refractivity contribution in [1.29, 1.82) is 0 Å². The summed E-state index contributed by atoms with van der Waals surface area (Å²) in [5.41, 5.74) is 8.17. The van der Waals surface area contributed by atoms with Gasteiger partial charge >= 0.3 is 0 Å². The second-order valence-corrected chi connectivity index (χ2v) is 10.4. The lowest BCUT2D eigenvalue weighted by Gasteiger charge is -2.35. The Kier molecular flexibility index (Phi) is 10.6. The van der Waals surface area contributed by atoms with Gasteiger partial charge in [-0.05, 0) is 93.3 Å². The molecule has 1 aliphatic heterocycles. The van der Waals surface area contributed by atoms with Crippen LogP contribution in [0.1, 0.15) is 57.4 Å². The monoisotopic (exact) mass is 528 g/mol. The second kappa shape index (κ2) is 13.7. The molecule has 4 N–H and O–H groups in total. The third kappa shape index (κ3) is 7.17. The molecule has 3 atom stereocenters. The van der Waals surface area contributed by atoms with E-state index in [1.807, 2.05) is 23.1 Å². The number of hydrogen-bond acceptors (Lipinski definition) is 5. The van der Waals surface area contributed by atoms with Gasteiger partial charge in [0.1, 0.15) is 11.8 Å². The zero-order valence-corrected chi connectivity index (χ0v) is 23.0. The minimum atomic E-state index is -0.530. The maximum atomic E-state index is 14.0. The Morgan fingerprint density at radius 3 is 2.59 bits per heavy atom. The van der Waals surface area contributed by atoms with E-state index in [0.717, 1.165) is 55.2 Å². The molecule has 0 aromatic heterocycles. The number of likely N-dealkylation sites (N-methyl/N-ethyl adjacent to an activating group) is 1. The van der Waals surface area contributed by atoms with Gasteiger partial charge in [0.05, 0.1) is 19.2 Å². The van der Waals surface area contributed by atoms with Crippen LogP contribution in [-0.4, -0.2) is 55.5 Å². The van der Waals surface area contributed by atoms with Crippen molar-refractivity contribution in [3.8, 4) is 5.75 Å². The number of nitrogens with zero attached hydrogens (tertiary/aromatic N) is 1. The molecule has 37 heavy (non-hydrogen) atoms. The number of carbonyl (C=O) groups excluding carboxylic acids is 2. The number of methoxy groups -OCH3 is 1. The second-order valence-electron chi connectivity index (χ2n) is 9.96. The topological polar surface area (TPSA) is 96.7 Å². The first-order chi connectivity index (χ1) is 17.8. The Morgan fingerprint density at radius 2 is 1.95 bits per heavy atom. The number of likely N-dealkylation sites (tertiary alicyclic amines) is 1. The lowest BCUT2D eigenvalue weighted by atomic mass is 9.83. The average Bonchev–Trinajstić information content (AvgIpc) is 3.41. The third-order valence-electron chi connectivity index (χ3n) is 7.56. The lowest BCUT2D eigenvalue weighted by Crippen LogP contribution is -2.56. The predicted molar refractivity (Wildman–Crippen MR) is 150 cm³/mol. The molecule has 1 heterocycles. The van der Waals surface area contributed by atoms with Crippen molar-refractivity contribution in [3.05, 3.63) is 59.3 Å². The molecule has 2 aliphatic rings. The third-order valence-corrected chi connectivity index (χ3v) is 7.80. The number of nitrogens with two attached hydrogens (primary N) is 1. The first-order valence-electron chi connectivity index (χ1n) is 13.2. The molecule has 7 nitrogen and oxygen atoms in total. The van der Waals surface area contributed by atoms with Gasteiger partial charge in [-0.2, -0.15) is 0 Å². The van der Waals surface area contributed by atoms with Gasteiger partial charge in [-0.1, -0.05) is 37.4 Å². The van der Waals surface area contributed by atoms with Crippen LogP contribution in [0.4, 0.5) is 0 Å². The first-order valence-corrected chi connectivity index (χ1v) is 13.6. The summed E-state index contributed by atoms with van der Waals surface area (Å²) in [5, 5.41) is 6.64. The molecular weight excluding hydrogens is 488 g/mol. The van der Waals surface area contributed by atoms with Crippen molar-refractivity contribution < 1.29 is 14.3 Å². The molecule has 1 aliphatic carbocycles. The van der Waals surface area contributed by atoms with Crippen LogP contribution < -0.4 is 21.1 Å². The van der Waals surface area contributed by atoms with Gasteiger partial charge in [0.15, 0.2) is 0 Å². The summed E-state index contributed by atoms with van der Waals surface area (Å²) in [6.45, 7) is 6.80. The standard InChI is InChI=1S/C29H41ClN4O3/c1-19(17-22(14-15-31)24-18-23(30)12-13-26(24)37-4)25-11-8-16-34(25)29(36)27(21-9-6-5-7-10-21)33-28(35)20(2)32-3/h12-15,17-18,20-21,25,27,32H,1,5-11,16,31H2,2-4H3,(H,33,35)/b15-14-,22-17+. The number of hydrogen-bond donors (Lipinski definition) is 3. The van der Waals surface area contributed by atoms with Crippen molar-refractivity contribution in [2.24, 2.45) is 11.7 Å². The normalized spacial score (nSPS) is 20.6. The Hall–Kier alpha value is -2.77. The quantitative estimate of drug-likeness (QED) is 0.390. The molecule has 2 amide bonds. The summed E-state index contributed by atoms with van der Waals surface area (Å²) < 4.78 is 5.54. The van der Waals surface area contributed by atoms with Crippen molar-refractivity contribution in [3.63, 3.8) is 0 Å². The highest BCUT2D eigenvalue weighted by molar-refractivity contribution is 6.30. The van der Waals surface area contributed by atoms with Crippen molar-refractivity contribution in [2.45, 2.75) is 70.0 Å². The van der Waals surface area contributed by atoms with Crippen LogP contribution in [0.15, 0.2) is 48.7 Å². The van der Waals surface area contributed by atoms with Crippen LogP contribution >= 0.6 is 11.6 Å². The van der Waals surface area contributed by atoms with Crippen molar-refractivity contribution in [1.82, 2.24) is 15.5 Å². The highest BCUT2D eigenvalue weighted by atomic mass is 35.5.